The Hall–Kier alpha value is -2.13. The van der Waals surface area contributed by atoms with E-state index < -0.39 is 0 Å². The Morgan fingerprint density at radius 1 is 1.10 bits per heavy atom. The zero-order valence-electron chi connectivity index (χ0n) is 12.1. The van der Waals surface area contributed by atoms with Crippen LogP contribution in [0.3, 0.4) is 0 Å². The van der Waals surface area contributed by atoms with Crippen LogP contribution in [0.25, 0.3) is 17.7 Å². The van der Waals surface area contributed by atoms with Crippen LogP contribution in [0, 0.1) is 0 Å². The van der Waals surface area contributed by atoms with Crippen LogP contribution in [0.15, 0.2) is 48.9 Å². The first-order chi connectivity index (χ1) is 9.75. The van der Waals surface area contributed by atoms with E-state index >= 15 is 0 Å². The molecule has 0 aliphatic rings. The first kappa shape index (κ1) is 15.3. The van der Waals surface area contributed by atoms with E-state index in [1.807, 2.05) is 41.2 Å². The molecule has 0 atom stereocenters. The Bertz CT molecular complexity index is 745. The molecule has 0 saturated carbocycles. The Labute approximate surface area is 130 Å². The highest BCUT2D eigenvalue weighted by Crippen LogP contribution is 2.24. The van der Waals surface area contributed by atoms with E-state index in [1.165, 1.54) is 5.56 Å². The molecule has 108 valence electrons. The van der Waals surface area contributed by atoms with E-state index in [9.17, 15) is 0 Å². The van der Waals surface area contributed by atoms with Crippen molar-refractivity contribution in [1.29, 1.82) is 0 Å². The zero-order chi connectivity index (χ0) is 13.9. The summed E-state index contributed by atoms with van der Waals surface area (Å²) in [5, 5.41) is 4.67. The molecule has 0 aliphatic heterocycles. The fourth-order valence-electron chi connectivity index (χ4n) is 2.29. The number of halogens is 1. The molecule has 0 amide bonds. The minimum absolute atomic E-state index is 0. The largest absolute Gasteiger partial charge is 0.264 e. The summed E-state index contributed by atoms with van der Waals surface area (Å²) < 4.78 is 1.94. The molecule has 3 aromatic heterocycles. The molecule has 3 rings (SSSR count). The molecule has 0 saturated heterocycles. The van der Waals surface area contributed by atoms with Crippen LogP contribution < -0.4 is 0 Å². The molecule has 3 aromatic rings. The third-order valence-electron chi connectivity index (χ3n) is 3.28. The Morgan fingerprint density at radius 3 is 2.67 bits per heavy atom. The minimum Gasteiger partial charge on any atom is -0.264 e. The number of fused-ring (bicyclic) bond motifs is 1. The van der Waals surface area contributed by atoms with Gasteiger partial charge in [0.05, 0.1) is 11.2 Å². The molecule has 0 radical (unpaired) electrons. The van der Waals surface area contributed by atoms with E-state index in [1.54, 1.807) is 6.20 Å². The molecular weight excluding hydrogens is 282 g/mol. The van der Waals surface area contributed by atoms with Crippen molar-refractivity contribution in [2.45, 2.75) is 19.8 Å². The van der Waals surface area contributed by atoms with Crippen molar-refractivity contribution in [2.24, 2.45) is 0 Å². The minimum atomic E-state index is 0. The molecule has 0 bridgehead atoms. The van der Waals surface area contributed by atoms with Gasteiger partial charge in [0.1, 0.15) is 0 Å². The lowest BCUT2D eigenvalue weighted by Crippen LogP contribution is -1.91. The number of nitrogens with zero attached hydrogens (tertiary/aromatic N) is 3. The molecule has 0 aromatic carbocycles. The van der Waals surface area contributed by atoms with E-state index in [-0.39, 0.29) is 12.4 Å². The van der Waals surface area contributed by atoms with Crippen LogP contribution in [-0.2, 0) is 0 Å². The molecule has 0 aliphatic carbocycles. The van der Waals surface area contributed by atoms with Gasteiger partial charge in [-0.1, -0.05) is 38.1 Å². The average molecular weight is 300 g/mol. The van der Waals surface area contributed by atoms with Crippen LogP contribution in [0.4, 0.5) is 0 Å². The van der Waals surface area contributed by atoms with Crippen LogP contribution in [0.1, 0.15) is 36.6 Å². The lowest BCUT2D eigenvalue weighted by atomic mass is 10.0. The molecule has 0 unspecified atom stereocenters. The third kappa shape index (κ3) is 3.14. The number of hydrogen-bond donors (Lipinski definition) is 0. The summed E-state index contributed by atoms with van der Waals surface area (Å²) in [6, 6.07) is 10.1. The SMILES string of the molecule is CC(C)c1nn2ccccc2c1/C=C/c1cccnc1.Cl. The first-order valence-electron chi connectivity index (χ1n) is 6.81. The van der Waals surface area contributed by atoms with Gasteiger partial charge in [0, 0.05) is 24.2 Å². The smallest absolute Gasteiger partial charge is 0.0737 e. The Kier molecular flexibility index (Phi) is 4.76. The van der Waals surface area contributed by atoms with Gasteiger partial charge >= 0.3 is 0 Å². The van der Waals surface area contributed by atoms with Crippen molar-refractivity contribution in [3.63, 3.8) is 0 Å². The van der Waals surface area contributed by atoms with Crippen molar-refractivity contribution >= 4 is 30.1 Å². The van der Waals surface area contributed by atoms with Gasteiger partial charge in [-0.15, -0.1) is 12.4 Å². The van der Waals surface area contributed by atoms with Gasteiger partial charge in [-0.25, -0.2) is 4.52 Å². The predicted octanol–water partition coefficient (Wildman–Crippen LogP) is 4.44. The number of rotatable bonds is 3. The molecule has 21 heavy (non-hydrogen) atoms. The van der Waals surface area contributed by atoms with Gasteiger partial charge < -0.3 is 0 Å². The quantitative estimate of drug-likeness (QED) is 0.715. The number of aromatic nitrogens is 3. The monoisotopic (exact) mass is 299 g/mol. The Morgan fingerprint density at radius 2 is 1.95 bits per heavy atom. The fourth-order valence-corrected chi connectivity index (χ4v) is 2.29. The lowest BCUT2D eigenvalue weighted by Gasteiger charge is -2.01. The standard InChI is InChI=1S/C17H17N3.ClH/c1-13(2)17-15(9-8-14-6-5-10-18-12-14)16-7-3-4-11-20(16)19-17;/h3-13H,1-2H3;1H/b9-8+;. The third-order valence-corrected chi connectivity index (χ3v) is 3.28. The lowest BCUT2D eigenvalue weighted by molar-refractivity contribution is 0.787. The summed E-state index contributed by atoms with van der Waals surface area (Å²) in [5.41, 5.74) is 4.54. The number of pyridine rings is 2. The maximum atomic E-state index is 4.67. The van der Waals surface area contributed by atoms with Crippen molar-refractivity contribution in [1.82, 2.24) is 14.6 Å². The van der Waals surface area contributed by atoms with Crippen molar-refractivity contribution in [2.75, 3.05) is 0 Å². The van der Waals surface area contributed by atoms with Crippen LogP contribution in [0.2, 0.25) is 0 Å². The fraction of sp³-hybridized carbons (Fsp3) is 0.176. The highest BCUT2D eigenvalue weighted by Gasteiger charge is 2.12. The van der Waals surface area contributed by atoms with E-state index in [2.05, 4.69) is 42.1 Å². The van der Waals surface area contributed by atoms with Crippen LogP contribution >= 0.6 is 12.4 Å². The highest BCUT2D eigenvalue weighted by molar-refractivity contribution is 5.85. The summed E-state index contributed by atoms with van der Waals surface area (Å²) in [6.07, 6.45) is 9.85. The van der Waals surface area contributed by atoms with Gasteiger partial charge in [0.15, 0.2) is 0 Å². The van der Waals surface area contributed by atoms with Crippen molar-refractivity contribution in [3.8, 4) is 0 Å². The summed E-state index contributed by atoms with van der Waals surface area (Å²) in [6.45, 7) is 4.34. The second-order valence-electron chi connectivity index (χ2n) is 5.10. The molecule has 0 spiro atoms. The Balaban J connectivity index is 0.00000161. The molecular formula is C17H18ClN3. The normalized spacial score (nSPS) is 11.2. The summed E-state index contributed by atoms with van der Waals surface area (Å²) in [4.78, 5) is 4.13. The number of hydrogen-bond acceptors (Lipinski definition) is 2. The van der Waals surface area contributed by atoms with Gasteiger partial charge in [0.25, 0.3) is 0 Å². The van der Waals surface area contributed by atoms with E-state index in [4.69, 9.17) is 0 Å². The molecule has 3 heterocycles. The van der Waals surface area contributed by atoms with Gasteiger partial charge in [-0.2, -0.15) is 5.10 Å². The molecule has 0 fully saturated rings. The van der Waals surface area contributed by atoms with Crippen LogP contribution in [0.5, 0.6) is 0 Å². The molecule has 4 heteroatoms. The zero-order valence-corrected chi connectivity index (χ0v) is 12.9. The average Bonchev–Trinajstić information content (AvgIpc) is 2.85. The van der Waals surface area contributed by atoms with Crippen LogP contribution in [-0.4, -0.2) is 14.6 Å². The van der Waals surface area contributed by atoms with Gasteiger partial charge in [-0.3, -0.25) is 4.98 Å². The topological polar surface area (TPSA) is 30.2 Å². The summed E-state index contributed by atoms with van der Waals surface area (Å²) >= 11 is 0. The van der Waals surface area contributed by atoms with E-state index in [0.717, 1.165) is 16.8 Å². The first-order valence-corrected chi connectivity index (χ1v) is 6.81. The van der Waals surface area contributed by atoms with Gasteiger partial charge in [0.2, 0.25) is 0 Å². The summed E-state index contributed by atoms with van der Waals surface area (Å²) in [7, 11) is 0. The molecule has 0 N–H and O–H groups in total. The predicted molar refractivity (Wildman–Crippen MR) is 89.7 cm³/mol. The van der Waals surface area contributed by atoms with E-state index in [0.29, 0.717) is 5.92 Å². The second kappa shape index (κ2) is 6.55. The molecule has 3 nitrogen and oxygen atoms in total. The van der Waals surface area contributed by atoms with Crippen molar-refractivity contribution < 1.29 is 0 Å². The maximum absolute atomic E-state index is 4.67. The second-order valence-corrected chi connectivity index (χ2v) is 5.10. The van der Waals surface area contributed by atoms with Gasteiger partial charge in [-0.05, 0) is 29.7 Å². The maximum Gasteiger partial charge on any atom is 0.0737 e. The van der Waals surface area contributed by atoms with Crippen molar-refractivity contribution in [3.05, 3.63) is 65.7 Å². The highest BCUT2D eigenvalue weighted by atomic mass is 35.5. The summed E-state index contributed by atoms with van der Waals surface area (Å²) in [5.74, 6) is 0.392.